The van der Waals surface area contributed by atoms with Gasteiger partial charge >= 0.3 is 0 Å². The molecule has 0 saturated heterocycles. The highest BCUT2D eigenvalue weighted by atomic mass is 16.7. The van der Waals surface area contributed by atoms with Crippen LogP contribution in [-0.2, 0) is 16.0 Å². The molecule has 0 spiro atoms. The lowest BCUT2D eigenvalue weighted by Gasteiger charge is -2.15. The lowest BCUT2D eigenvalue weighted by Crippen LogP contribution is -2.22. The van der Waals surface area contributed by atoms with Crippen LogP contribution < -0.4 is 19.7 Å². The van der Waals surface area contributed by atoms with Gasteiger partial charge < -0.3 is 19.7 Å². The molecule has 0 atom stereocenters. The van der Waals surface area contributed by atoms with Gasteiger partial charge in [0.15, 0.2) is 11.5 Å². The molecule has 2 aromatic carbocycles. The molecule has 24 heavy (non-hydrogen) atoms. The van der Waals surface area contributed by atoms with Gasteiger partial charge in [0.2, 0.25) is 18.6 Å². The SMILES string of the molecule is CC(=O)N(C)c1ccc(NC(=O)Cc2ccc3c(c2)OCO3)cc1. The zero-order chi connectivity index (χ0) is 17.1. The first-order chi connectivity index (χ1) is 11.5. The molecule has 6 nitrogen and oxygen atoms in total. The Morgan fingerprint density at radius 1 is 1.08 bits per heavy atom. The van der Waals surface area contributed by atoms with Crippen molar-refractivity contribution in [2.75, 3.05) is 24.1 Å². The van der Waals surface area contributed by atoms with E-state index in [-0.39, 0.29) is 25.0 Å². The Bertz CT molecular complexity index is 771. The maximum atomic E-state index is 12.2. The molecule has 0 bridgehead atoms. The molecule has 1 N–H and O–H groups in total. The van der Waals surface area contributed by atoms with E-state index in [1.165, 1.54) is 11.8 Å². The Morgan fingerprint density at radius 3 is 2.50 bits per heavy atom. The van der Waals surface area contributed by atoms with Crippen molar-refractivity contribution < 1.29 is 19.1 Å². The molecule has 1 aliphatic heterocycles. The van der Waals surface area contributed by atoms with Gasteiger partial charge in [-0.05, 0) is 42.0 Å². The Labute approximate surface area is 140 Å². The number of fused-ring (bicyclic) bond motifs is 1. The third-order valence-corrected chi connectivity index (χ3v) is 3.81. The van der Waals surface area contributed by atoms with Crippen molar-refractivity contribution in [1.82, 2.24) is 0 Å². The minimum atomic E-state index is -0.124. The first-order valence-electron chi connectivity index (χ1n) is 7.55. The Kier molecular flexibility index (Phi) is 4.37. The van der Waals surface area contributed by atoms with E-state index in [9.17, 15) is 9.59 Å². The van der Waals surface area contributed by atoms with Crippen LogP contribution in [0.5, 0.6) is 11.5 Å². The van der Waals surface area contributed by atoms with E-state index in [1.807, 2.05) is 12.1 Å². The van der Waals surface area contributed by atoms with Crippen molar-refractivity contribution in [3.63, 3.8) is 0 Å². The summed E-state index contributed by atoms with van der Waals surface area (Å²) >= 11 is 0. The fourth-order valence-corrected chi connectivity index (χ4v) is 2.39. The number of carbonyl (C=O) groups excluding carboxylic acids is 2. The molecule has 0 radical (unpaired) electrons. The van der Waals surface area contributed by atoms with Crippen molar-refractivity contribution in [2.45, 2.75) is 13.3 Å². The maximum Gasteiger partial charge on any atom is 0.231 e. The Morgan fingerprint density at radius 2 is 1.79 bits per heavy atom. The van der Waals surface area contributed by atoms with Gasteiger partial charge in [0.25, 0.3) is 0 Å². The smallest absolute Gasteiger partial charge is 0.231 e. The maximum absolute atomic E-state index is 12.2. The molecule has 1 aliphatic rings. The van der Waals surface area contributed by atoms with Crippen molar-refractivity contribution >= 4 is 23.2 Å². The molecule has 124 valence electrons. The lowest BCUT2D eigenvalue weighted by atomic mass is 10.1. The summed E-state index contributed by atoms with van der Waals surface area (Å²) in [5.41, 5.74) is 2.31. The van der Waals surface area contributed by atoms with Crippen LogP contribution in [0.2, 0.25) is 0 Å². The van der Waals surface area contributed by atoms with Crippen LogP contribution in [0, 0.1) is 0 Å². The third-order valence-electron chi connectivity index (χ3n) is 3.81. The molecular formula is C18H18N2O4. The van der Waals surface area contributed by atoms with Crippen LogP contribution in [0.1, 0.15) is 12.5 Å². The lowest BCUT2D eigenvalue weighted by molar-refractivity contribution is -0.116. The van der Waals surface area contributed by atoms with Gasteiger partial charge in [0.1, 0.15) is 0 Å². The number of nitrogens with zero attached hydrogens (tertiary/aromatic N) is 1. The number of benzene rings is 2. The van der Waals surface area contributed by atoms with Crippen LogP contribution in [0.15, 0.2) is 42.5 Å². The number of hydrogen-bond donors (Lipinski definition) is 1. The summed E-state index contributed by atoms with van der Waals surface area (Å²) in [6.07, 6.45) is 0.242. The predicted octanol–water partition coefficient (Wildman–Crippen LogP) is 2.58. The van der Waals surface area contributed by atoms with E-state index in [1.54, 1.807) is 37.4 Å². The Hall–Kier alpha value is -3.02. The molecule has 0 aromatic heterocycles. The Balaban J connectivity index is 1.61. The zero-order valence-electron chi connectivity index (χ0n) is 13.5. The van der Waals surface area contributed by atoms with Crippen molar-refractivity contribution in [3.05, 3.63) is 48.0 Å². The topological polar surface area (TPSA) is 67.9 Å². The summed E-state index contributed by atoms with van der Waals surface area (Å²) in [5.74, 6) is 1.19. The average molecular weight is 326 g/mol. The summed E-state index contributed by atoms with van der Waals surface area (Å²) in [4.78, 5) is 25.0. The first kappa shape index (κ1) is 15.9. The van der Waals surface area contributed by atoms with E-state index in [4.69, 9.17) is 9.47 Å². The fraction of sp³-hybridized carbons (Fsp3) is 0.222. The summed E-state index contributed by atoms with van der Waals surface area (Å²) in [7, 11) is 1.70. The largest absolute Gasteiger partial charge is 0.454 e. The van der Waals surface area contributed by atoms with E-state index in [0.717, 1.165) is 11.3 Å². The van der Waals surface area contributed by atoms with E-state index < -0.39 is 0 Å². The highest BCUT2D eigenvalue weighted by molar-refractivity contribution is 5.94. The highest BCUT2D eigenvalue weighted by Crippen LogP contribution is 2.32. The van der Waals surface area contributed by atoms with Gasteiger partial charge in [0.05, 0.1) is 6.42 Å². The van der Waals surface area contributed by atoms with E-state index >= 15 is 0 Å². The van der Waals surface area contributed by atoms with Gasteiger partial charge in [-0.2, -0.15) is 0 Å². The van der Waals surface area contributed by atoms with Crippen LogP contribution in [0.3, 0.4) is 0 Å². The number of anilines is 2. The minimum absolute atomic E-state index is 0.0467. The van der Waals surface area contributed by atoms with Crippen molar-refractivity contribution in [3.8, 4) is 11.5 Å². The molecule has 0 unspecified atom stereocenters. The molecular weight excluding hydrogens is 308 g/mol. The van der Waals surface area contributed by atoms with Gasteiger partial charge in [-0.1, -0.05) is 6.07 Å². The van der Waals surface area contributed by atoms with Crippen LogP contribution in [-0.4, -0.2) is 25.7 Å². The zero-order valence-corrected chi connectivity index (χ0v) is 13.5. The van der Waals surface area contributed by atoms with Gasteiger partial charge in [0, 0.05) is 25.3 Å². The van der Waals surface area contributed by atoms with E-state index in [0.29, 0.717) is 17.2 Å². The van der Waals surface area contributed by atoms with Gasteiger partial charge in [-0.15, -0.1) is 0 Å². The monoisotopic (exact) mass is 326 g/mol. The number of carbonyl (C=O) groups is 2. The van der Waals surface area contributed by atoms with Gasteiger partial charge in [-0.25, -0.2) is 0 Å². The minimum Gasteiger partial charge on any atom is -0.454 e. The standard InChI is InChI=1S/C18H18N2O4/c1-12(21)20(2)15-6-4-14(5-7-15)19-18(22)10-13-3-8-16-17(9-13)24-11-23-16/h3-9H,10-11H2,1-2H3,(H,19,22). The van der Waals surface area contributed by atoms with Crippen LogP contribution in [0.4, 0.5) is 11.4 Å². The molecule has 2 amide bonds. The number of amides is 2. The molecule has 0 fully saturated rings. The fourth-order valence-electron chi connectivity index (χ4n) is 2.39. The highest BCUT2D eigenvalue weighted by Gasteiger charge is 2.14. The molecule has 6 heteroatoms. The number of ether oxygens (including phenoxy) is 2. The average Bonchev–Trinajstić information content (AvgIpc) is 3.02. The summed E-state index contributed by atoms with van der Waals surface area (Å²) in [6.45, 7) is 1.72. The first-order valence-corrected chi connectivity index (χ1v) is 7.55. The second-order valence-electron chi connectivity index (χ2n) is 5.54. The third kappa shape index (κ3) is 3.48. The number of hydrogen-bond acceptors (Lipinski definition) is 4. The number of rotatable bonds is 4. The molecule has 1 heterocycles. The number of nitrogens with one attached hydrogen (secondary N) is 1. The van der Waals surface area contributed by atoms with Crippen molar-refractivity contribution in [1.29, 1.82) is 0 Å². The summed E-state index contributed by atoms with van der Waals surface area (Å²) in [6, 6.07) is 12.6. The second-order valence-corrected chi connectivity index (χ2v) is 5.54. The van der Waals surface area contributed by atoms with E-state index in [2.05, 4.69) is 5.32 Å². The molecule has 0 saturated carbocycles. The normalized spacial score (nSPS) is 11.9. The predicted molar refractivity (Wildman–Crippen MR) is 90.4 cm³/mol. The van der Waals surface area contributed by atoms with Crippen LogP contribution in [0.25, 0.3) is 0 Å². The summed E-state index contributed by atoms with van der Waals surface area (Å²) < 4.78 is 10.6. The molecule has 0 aliphatic carbocycles. The van der Waals surface area contributed by atoms with Crippen molar-refractivity contribution in [2.24, 2.45) is 0 Å². The molecule has 3 rings (SSSR count). The quantitative estimate of drug-likeness (QED) is 0.938. The molecule has 2 aromatic rings. The van der Waals surface area contributed by atoms with Crippen LogP contribution >= 0.6 is 0 Å². The summed E-state index contributed by atoms with van der Waals surface area (Å²) in [5, 5.41) is 2.84. The van der Waals surface area contributed by atoms with Gasteiger partial charge in [-0.3, -0.25) is 9.59 Å². The second kappa shape index (κ2) is 6.62.